The summed E-state index contributed by atoms with van der Waals surface area (Å²) in [5, 5.41) is 24.8. The van der Waals surface area contributed by atoms with Crippen LogP contribution in [0.4, 0.5) is 10.2 Å². The Hall–Kier alpha value is -3.14. The highest BCUT2D eigenvalue weighted by atomic mass is 19.1. The van der Waals surface area contributed by atoms with Crippen molar-refractivity contribution in [3.05, 3.63) is 29.6 Å². The van der Waals surface area contributed by atoms with E-state index in [4.69, 9.17) is 19.2 Å². The molecule has 0 atom stereocenters. The van der Waals surface area contributed by atoms with Crippen LogP contribution in [-0.2, 0) is 4.79 Å². The number of carboxylic acid groups (broad SMARTS) is 2. The number of hydrogen-bond acceptors (Lipinski definition) is 7. The van der Waals surface area contributed by atoms with Gasteiger partial charge in [0.2, 0.25) is 0 Å². The number of aliphatic carboxylic acids is 1. The highest BCUT2D eigenvalue weighted by Gasteiger charge is 2.39. The van der Waals surface area contributed by atoms with Crippen LogP contribution in [0.25, 0.3) is 11.3 Å². The molecule has 2 aliphatic heterocycles. The number of piperidine rings is 2. The van der Waals surface area contributed by atoms with E-state index in [0.29, 0.717) is 11.4 Å². The van der Waals surface area contributed by atoms with Crippen LogP contribution in [0.3, 0.4) is 0 Å². The molecular weight excluding hydrogens is 421 g/mol. The lowest BCUT2D eigenvalue weighted by Gasteiger charge is -2.45. The van der Waals surface area contributed by atoms with E-state index in [1.54, 1.807) is 0 Å². The van der Waals surface area contributed by atoms with E-state index in [0.717, 1.165) is 58.8 Å². The first-order valence-corrected chi connectivity index (χ1v) is 10.5. The van der Waals surface area contributed by atoms with Crippen LogP contribution < -0.4 is 15.0 Å². The average Bonchev–Trinajstić information content (AvgIpc) is 3.20. The molecule has 3 N–H and O–H groups in total. The van der Waals surface area contributed by atoms with E-state index in [2.05, 4.69) is 10.5 Å². The Morgan fingerprint density at radius 1 is 1.25 bits per heavy atom. The van der Waals surface area contributed by atoms with Gasteiger partial charge in [0.05, 0.1) is 7.11 Å². The minimum absolute atomic E-state index is 0.0136. The van der Waals surface area contributed by atoms with E-state index >= 15 is 0 Å². The Labute approximate surface area is 185 Å². The molecule has 10 heteroatoms. The number of anilines is 1. The lowest BCUT2D eigenvalue weighted by molar-refractivity contribution is -0.134. The summed E-state index contributed by atoms with van der Waals surface area (Å²) in [5.74, 6) is -1.97. The van der Waals surface area contributed by atoms with Crippen molar-refractivity contribution < 1.29 is 33.5 Å². The predicted molar refractivity (Wildman–Crippen MR) is 115 cm³/mol. The second-order valence-electron chi connectivity index (χ2n) is 8.16. The van der Waals surface area contributed by atoms with Gasteiger partial charge in [-0.25, -0.2) is 9.18 Å². The summed E-state index contributed by atoms with van der Waals surface area (Å²) in [7, 11) is 1.36. The number of methoxy groups -OCH3 is 1. The van der Waals surface area contributed by atoms with Crippen LogP contribution in [0.5, 0.6) is 5.75 Å². The van der Waals surface area contributed by atoms with E-state index in [9.17, 15) is 14.3 Å². The maximum absolute atomic E-state index is 13.7. The molecule has 1 aromatic heterocycles. The predicted octanol–water partition coefficient (Wildman–Crippen LogP) is 3.25. The molecule has 0 unspecified atom stereocenters. The van der Waals surface area contributed by atoms with Crippen molar-refractivity contribution >= 4 is 17.8 Å². The van der Waals surface area contributed by atoms with E-state index < -0.39 is 17.8 Å². The Balaban J connectivity index is 0.000000668. The molecule has 2 saturated heterocycles. The number of ether oxygens (including phenoxy) is 1. The van der Waals surface area contributed by atoms with Crippen LogP contribution in [0.2, 0.25) is 0 Å². The van der Waals surface area contributed by atoms with E-state index in [1.807, 2.05) is 4.90 Å². The van der Waals surface area contributed by atoms with Gasteiger partial charge in [-0.1, -0.05) is 5.16 Å². The molecule has 32 heavy (non-hydrogen) atoms. The molecule has 0 aliphatic carbocycles. The third-order valence-electron chi connectivity index (χ3n) is 5.93. The molecule has 3 heterocycles. The van der Waals surface area contributed by atoms with Crippen LogP contribution in [0.15, 0.2) is 22.7 Å². The molecule has 2 aromatic rings. The summed E-state index contributed by atoms with van der Waals surface area (Å²) in [5.41, 5.74) is 0.625. The molecule has 9 nitrogen and oxygen atoms in total. The van der Waals surface area contributed by atoms with Gasteiger partial charge in [0.25, 0.3) is 5.97 Å². The number of nitrogens with zero attached hydrogens (tertiary/aromatic N) is 2. The van der Waals surface area contributed by atoms with Crippen molar-refractivity contribution in [2.24, 2.45) is 5.41 Å². The maximum Gasteiger partial charge on any atom is 0.343 e. The summed E-state index contributed by atoms with van der Waals surface area (Å²) in [6.45, 7) is 4.57. The van der Waals surface area contributed by atoms with E-state index in [1.165, 1.54) is 25.3 Å². The second kappa shape index (κ2) is 9.99. The van der Waals surface area contributed by atoms with Crippen molar-refractivity contribution in [2.75, 3.05) is 38.2 Å². The Morgan fingerprint density at radius 3 is 2.56 bits per heavy atom. The summed E-state index contributed by atoms with van der Waals surface area (Å²) in [6.07, 6.45) is 4.29. The lowest BCUT2D eigenvalue weighted by Crippen LogP contribution is -2.49. The fourth-order valence-corrected chi connectivity index (χ4v) is 4.44. The monoisotopic (exact) mass is 449 g/mol. The lowest BCUT2D eigenvalue weighted by atomic mass is 9.73. The molecule has 0 saturated carbocycles. The minimum atomic E-state index is -1.11. The van der Waals surface area contributed by atoms with Crippen molar-refractivity contribution in [3.8, 4) is 17.1 Å². The van der Waals surface area contributed by atoms with Gasteiger partial charge in [-0.05, 0) is 62.4 Å². The van der Waals surface area contributed by atoms with Crippen molar-refractivity contribution in [1.29, 1.82) is 0 Å². The maximum atomic E-state index is 13.7. The molecular formula is C22H28FN3O6. The standard InChI is InChI=1S/C20H24FN3O4.C2H4O2/c1-27-15-11-13(3-4-14(15)21)17-16(19(25)26)18(23-28-17)24-10-2-5-20(12-24)6-8-22-9-7-20;1-2(3)4/h3-4,11,22H,2,5-10,12H2,1H3,(H,25,26);1H3,(H,3,4). The average molecular weight is 449 g/mol. The smallest absolute Gasteiger partial charge is 0.343 e. The number of rotatable bonds is 4. The summed E-state index contributed by atoms with van der Waals surface area (Å²) in [6, 6.07) is 4.13. The van der Waals surface area contributed by atoms with Gasteiger partial charge < -0.3 is 29.7 Å². The van der Waals surface area contributed by atoms with Gasteiger partial charge in [0, 0.05) is 25.6 Å². The van der Waals surface area contributed by atoms with Gasteiger partial charge in [0.1, 0.15) is 0 Å². The third kappa shape index (κ3) is 5.18. The molecule has 4 rings (SSSR count). The van der Waals surface area contributed by atoms with Gasteiger partial charge in [-0.15, -0.1) is 0 Å². The number of benzene rings is 1. The molecule has 0 bridgehead atoms. The zero-order valence-electron chi connectivity index (χ0n) is 18.2. The fourth-order valence-electron chi connectivity index (χ4n) is 4.44. The number of carbonyl (C=O) groups is 2. The van der Waals surface area contributed by atoms with Crippen LogP contribution in [-0.4, -0.2) is 60.6 Å². The zero-order valence-corrected chi connectivity index (χ0v) is 18.2. The number of aromatic carboxylic acids is 1. The van der Waals surface area contributed by atoms with Gasteiger partial charge in [-0.2, -0.15) is 0 Å². The van der Waals surface area contributed by atoms with Crippen molar-refractivity contribution in [1.82, 2.24) is 10.5 Å². The highest BCUT2D eigenvalue weighted by molar-refractivity contribution is 5.99. The largest absolute Gasteiger partial charge is 0.494 e. The first kappa shape index (κ1) is 23.5. The summed E-state index contributed by atoms with van der Waals surface area (Å²) < 4.78 is 24.2. The highest BCUT2D eigenvalue weighted by Crippen LogP contribution is 2.41. The Morgan fingerprint density at radius 2 is 1.94 bits per heavy atom. The SMILES string of the molecule is CC(=O)O.COc1cc(-c2onc(N3CCCC4(CCNCC4)C3)c2C(=O)O)ccc1F. The van der Waals surface area contributed by atoms with Crippen molar-refractivity contribution in [2.45, 2.75) is 32.6 Å². The number of hydrogen-bond donors (Lipinski definition) is 3. The molecule has 1 spiro atoms. The van der Waals surface area contributed by atoms with Crippen LogP contribution in [0.1, 0.15) is 43.0 Å². The first-order chi connectivity index (χ1) is 15.3. The van der Waals surface area contributed by atoms with Gasteiger partial charge in [0.15, 0.2) is 28.7 Å². The molecule has 174 valence electrons. The summed E-state index contributed by atoms with van der Waals surface area (Å²) >= 11 is 0. The quantitative estimate of drug-likeness (QED) is 0.645. The topological polar surface area (TPSA) is 125 Å². The molecule has 0 amide bonds. The molecule has 2 fully saturated rings. The first-order valence-electron chi connectivity index (χ1n) is 10.5. The van der Waals surface area contributed by atoms with Crippen LogP contribution in [0, 0.1) is 11.2 Å². The van der Waals surface area contributed by atoms with E-state index in [-0.39, 0.29) is 22.5 Å². The van der Waals surface area contributed by atoms with Crippen LogP contribution >= 0.6 is 0 Å². The summed E-state index contributed by atoms with van der Waals surface area (Å²) in [4.78, 5) is 23.1. The zero-order chi connectivity index (χ0) is 23.3. The third-order valence-corrected chi connectivity index (χ3v) is 5.93. The number of carboxylic acids is 2. The minimum Gasteiger partial charge on any atom is -0.494 e. The fraction of sp³-hybridized carbons (Fsp3) is 0.500. The molecule has 1 aromatic carbocycles. The Kier molecular flexibility index (Phi) is 7.34. The van der Waals surface area contributed by atoms with Gasteiger partial charge >= 0.3 is 5.97 Å². The molecule has 0 radical (unpaired) electrons. The second-order valence-corrected chi connectivity index (χ2v) is 8.16. The van der Waals surface area contributed by atoms with Crippen molar-refractivity contribution in [3.63, 3.8) is 0 Å². The Bertz CT molecular complexity index is 961. The number of aromatic nitrogens is 1. The number of nitrogens with one attached hydrogen (secondary N) is 1. The molecule has 2 aliphatic rings. The normalized spacial score (nSPS) is 17.4. The number of halogens is 1. The van der Waals surface area contributed by atoms with Gasteiger partial charge in [-0.3, -0.25) is 4.79 Å².